The fourth-order valence-electron chi connectivity index (χ4n) is 2.27. The number of nitrogens with one attached hydrogen (secondary N) is 1. The minimum absolute atomic E-state index is 0.000574. The second-order valence-corrected chi connectivity index (χ2v) is 7.59. The number of aromatic nitrogens is 1. The number of thioether (sulfide) groups is 1. The number of thiazole rings is 1. The van der Waals surface area contributed by atoms with E-state index in [2.05, 4.69) is 9.72 Å². The molecule has 26 heavy (non-hydrogen) atoms. The Morgan fingerprint density at radius 3 is 2.69 bits per heavy atom. The number of hydrogen-bond acceptors (Lipinski definition) is 6. The third kappa shape index (κ3) is 4.02. The van der Waals surface area contributed by atoms with Crippen LogP contribution in [0, 0.1) is 5.41 Å². The van der Waals surface area contributed by atoms with Gasteiger partial charge in [-0.15, -0.1) is 47.6 Å². The molecular weight excluding hydrogens is 403 g/mol. The number of benzene rings is 1. The van der Waals surface area contributed by atoms with E-state index in [0.29, 0.717) is 16.1 Å². The normalized spacial score (nSPS) is 11.5. The smallest absolute Gasteiger partial charge is 0.406 e. The highest BCUT2D eigenvalue weighted by Gasteiger charge is 2.31. The molecule has 0 saturated heterocycles. The molecule has 0 fully saturated rings. The van der Waals surface area contributed by atoms with Crippen LogP contribution in [0.2, 0.25) is 0 Å². The van der Waals surface area contributed by atoms with E-state index in [1.165, 1.54) is 52.6 Å². The zero-order chi connectivity index (χ0) is 18.9. The Morgan fingerprint density at radius 1 is 1.27 bits per heavy atom. The lowest BCUT2D eigenvalue weighted by molar-refractivity contribution is -0.274. The van der Waals surface area contributed by atoms with Gasteiger partial charge in [0.2, 0.25) is 0 Å². The molecule has 0 amide bonds. The van der Waals surface area contributed by atoms with Crippen molar-refractivity contribution in [2.45, 2.75) is 11.3 Å². The van der Waals surface area contributed by atoms with Gasteiger partial charge in [-0.25, -0.2) is 4.98 Å². The van der Waals surface area contributed by atoms with Crippen LogP contribution in [-0.4, -0.2) is 23.4 Å². The van der Waals surface area contributed by atoms with Gasteiger partial charge in [0.25, 0.3) is 0 Å². The first kappa shape index (κ1) is 18.7. The number of amidine groups is 1. The maximum Gasteiger partial charge on any atom is 0.573 e. The van der Waals surface area contributed by atoms with Crippen LogP contribution in [0.3, 0.4) is 0 Å². The lowest BCUT2D eigenvalue weighted by Gasteiger charge is -2.09. The lowest BCUT2D eigenvalue weighted by atomic mass is 10.1. The summed E-state index contributed by atoms with van der Waals surface area (Å²) in [5.41, 5.74) is 7.56. The van der Waals surface area contributed by atoms with E-state index in [0.717, 1.165) is 15.5 Å². The van der Waals surface area contributed by atoms with E-state index in [4.69, 9.17) is 11.1 Å². The maximum atomic E-state index is 12.4. The maximum absolute atomic E-state index is 12.4. The minimum atomic E-state index is -4.74. The molecular formula is C16H12F3N3OS3. The molecule has 0 aliphatic carbocycles. The lowest BCUT2D eigenvalue weighted by Crippen LogP contribution is -2.17. The number of alkyl halides is 3. The van der Waals surface area contributed by atoms with E-state index in [-0.39, 0.29) is 11.6 Å². The first-order valence-corrected chi connectivity index (χ1v) is 10.1. The Morgan fingerprint density at radius 2 is 2.04 bits per heavy atom. The van der Waals surface area contributed by atoms with Gasteiger partial charge >= 0.3 is 6.36 Å². The third-order valence-electron chi connectivity index (χ3n) is 3.29. The molecule has 0 aliphatic rings. The average Bonchev–Trinajstić information content (AvgIpc) is 3.19. The minimum Gasteiger partial charge on any atom is -0.406 e. The van der Waals surface area contributed by atoms with Crippen LogP contribution in [-0.2, 0) is 0 Å². The fourth-order valence-corrected chi connectivity index (χ4v) is 5.20. The van der Waals surface area contributed by atoms with Crippen molar-refractivity contribution >= 4 is 40.3 Å². The summed E-state index contributed by atoms with van der Waals surface area (Å²) < 4.78 is 41.1. The van der Waals surface area contributed by atoms with Crippen molar-refractivity contribution in [3.63, 3.8) is 0 Å². The predicted octanol–water partition coefficient (Wildman–Crippen LogP) is 5.44. The monoisotopic (exact) mass is 415 g/mol. The summed E-state index contributed by atoms with van der Waals surface area (Å²) in [7, 11) is 0. The number of thiophene rings is 1. The van der Waals surface area contributed by atoms with Crippen molar-refractivity contribution in [1.29, 1.82) is 5.41 Å². The number of halogens is 3. The van der Waals surface area contributed by atoms with Gasteiger partial charge in [-0.2, -0.15) is 0 Å². The first-order chi connectivity index (χ1) is 12.3. The van der Waals surface area contributed by atoms with Crippen molar-refractivity contribution in [2.75, 3.05) is 6.26 Å². The summed E-state index contributed by atoms with van der Waals surface area (Å²) in [6.45, 7) is 0. The Kier molecular flexibility index (Phi) is 5.26. The summed E-state index contributed by atoms with van der Waals surface area (Å²) in [5, 5.41) is 12.0. The fraction of sp³-hybridized carbons (Fsp3) is 0.125. The van der Waals surface area contributed by atoms with E-state index in [9.17, 15) is 13.2 Å². The highest BCUT2D eigenvalue weighted by molar-refractivity contribution is 7.99. The molecule has 0 unspecified atom stereocenters. The molecule has 4 nitrogen and oxygen atoms in total. The summed E-state index contributed by atoms with van der Waals surface area (Å²) >= 11 is 4.22. The molecule has 1 aromatic carbocycles. The Hall–Kier alpha value is -2.04. The molecule has 3 N–H and O–H groups in total. The topological polar surface area (TPSA) is 72.0 Å². The van der Waals surface area contributed by atoms with Gasteiger partial charge in [-0.3, -0.25) is 5.41 Å². The molecule has 0 atom stereocenters. The van der Waals surface area contributed by atoms with Crippen molar-refractivity contribution in [3.8, 4) is 27.6 Å². The van der Waals surface area contributed by atoms with Gasteiger partial charge in [-0.05, 0) is 18.4 Å². The first-order valence-electron chi connectivity index (χ1n) is 7.10. The molecule has 3 rings (SSSR count). The highest BCUT2D eigenvalue weighted by Crippen LogP contribution is 2.40. The standard InChI is InChI=1S/C16H12F3N3OS3/c1-24-12-10(6-25-13(12)14(20)21)15-22-11(7-26-15)8-3-2-4-9(5-8)23-16(17,18)19/h2-7H,1H3,(H3,20,21). The third-order valence-corrected chi connectivity index (χ3v) is 6.14. The van der Waals surface area contributed by atoms with Crippen molar-refractivity contribution in [3.05, 3.63) is 39.9 Å². The Balaban J connectivity index is 1.94. The zero-order valence-corrected chi connectivity index (χ0v) is 15.7. The number of ether oxygens (including phenoxy) is 1. The van der Waals surface area contributed by atoms with Gasteiger partial charge in [0, 0.05) is 26.8 Å². The molecule has 10 heteroatoms. The van der Waals surface area contributed by atoms with Gasteiger partial charge in [0.15, 0.2) is 0 Å². The molecule has 0 radical (unpaired) electrons. The van der Waals surface area contributed by atoms with Crippen LogP contribution in [0.25, 0.3) is 21.8 Å². The van der Waals surface area contributed by atoms with Crippen LogP contribution >= 0.6 is 34.4 Å². The summed E-state index contributed by atoms with van der Waals surface area (Å²) in [6.07, 6.45) is -2.84. The number of nitrogens with two attached hydrogens (primary N) is 1. The molecule has 136 valence electrons. The van der Waals surface area contributed by atoms with Crippen LogP contribution < -0.4 is 10.5 Å². The van der Waals surface area contributed by atoms with Crippen LogP contribution in [0.1, 0.15) is 4.88 Å². The summed E-state index contributed by atoms with van der Waals surface area (Å²) in [5.74, 6) is -0.289. The van der Waals surface area contributed by atoms with Crippen molar-refractivity contribution in [2.24, 2.45) is 5.73 Å². The Bertz CT molecular complexity index is 950. The molecule has 0 aliphatic heterocycles. The molecule has 0 saturated carbocycles. The van der Waals surface area contributed by atoms with Crippen molar-refractivity contribution in [1.82, 2.24) is 4.98 Å². The number of nitrogens with zero attached hydrogens (tertiary/aromatic N) is 1. The second kappa shape index (κ2) is 7.29. The number of nitrogen functional groups attached to an aromatic ring is 1. The van der Waals surface area contributed by atoms with Gasteiger partial charge in [0.1, 0.15) is 16.6 Å². The molecule has 3 aromatic rings. The molecule has 2 heterocycles. The second-order valence-electron chi connectivity index (χ2n) is 5.04. The predicted molar refractivity (Wildman–Crippen MR) is 100 cm³/mol. The average molecular weight is 415 g/mol. The molecule has 0 spiro atoms. The van der Waals surface area contributed by atoms with Gasteiger partial charge in [0.05, 0.1) is 10.6 Å². The van der Waals surface area contributed by atoms with Crippen LogP contribution in [0.15, 0.2) is 39.9 Å². The number of hydrogen-bond donors (Lipinski definition) is 2. The Labute approximate surface area is 159 Å². The molecule has 0 bridgehead atoms. The van der Waals surface area contributed by atoms with E-state index in [1.54, 1.807) is 11.4 Å². The van der Waals surface area contributed by atoms with E-state index < -0.39 is 6.36 Å². The van der Waals surface area contributed by atoms with Gasteiger partial charge in [-0.1, -0.05) is 12.1 Å². The largest absolute Gasteiger partial charge is 0.573 e. The quantitative estimate of drug-likeness (QED) is 0.330. The van der Waals surface area contributed by atoms with Crippen LogP contribution in [0.4, 0.5) is 13.2 Å². The summed E-state index contributed by atoms with van der Waals surface area (Å²) in [4.78, 5) is 6.09. The highest BCUT2D eigenvalue weighted by atomic mass is 32.2. The van der Waals surface area contributed by atoms with E-state index in [1.807, 2.05) is 11.6 Å². The van der Waals surface area contributed by atoms with E-state index >= 15 is 0 Å². The molecule has 2 aromatic heterocycles. The SMILES string of the molecule is CSc1c(-c2nc(-c3cccc(OC(F)(F)F)c3)cs2)csc1C(=N)N. The van der Waals surface area contributed by atoms with Crippen molar-refractivity contribution < 1.29 is 17.9 Å². The summed E-state index contributed by atoms with van der Waals surface area (Å²) in [6, 6.07) is 5.71. The van der Waals surface area contributed by atoms with Crippen LogP contribution in [0.5, 0.6) is 5.75 Å². The zero-order valence-electron chi connectivity index (χ0n) is 13.3. The number of rotatable bonds is 5. The van der Waals surface area contributed by atoms with Gasteiger partial charge < -0.3 is 10.5 Å².